The summed E-state index contributed by atoms with van der Waals surface area (Å²) in [6.45, 7) is 9.65. The van der Waals surface area contributed by atoms with E-state index in [1.165, 1.54) is 12.1 Å². The molecule has 0 aliphatic carbocycles. The van der Waals surface area contributed by atoms with Gasteiger partial charge in [0.2, 0.25) is 0 Å². The van der Waals surface area contributed by atoms with Crippen molar-refractivity contribution in [2.24, 2.45) is 0 Å². The van der Waals surface area contributed by atoms with Crippen molar-refractivity contribution < 1.29 is 13.2 Å². The van der Waals surface area contributed by atoms with Crippen LogP contribution >= 0.6 is 15.9 Å². The molecule has 0 aliphatic heterocycles. The maximum Gasteiger partial charge on any atom is 0.416 e. The van der Waals surface area contributed by atoms with E-state index >= 15 is 0 Å². The Morgan fingerprint density at radius 3 is 1.82 bits per heavy atom. The summed E-state index contributed by atoms with van der Waals surface area (Å²) in [5.74, 6) is 0. The number of alkyl halides is 3. The molecule has 0 amide bonds. The Kier molecular flexibility index (Phi) is 5.72. The molecule has 0 aromatic heterocycles. The first-order valence-electron chi connectivity index (χ1n) is 5.49. The molecule has 0 unspecified atom stereocenters. The topological polar surface area (TPSA) is 0 Å². The van der Waals surface area contributed by atoms with Crippen LogP contribution in [0.15, 0.2) is 22.7 Å². The minimum Gasteiger partial charge on any atom is -0.166 e. The Morgan fingerprint density at radius 1 is 1.00 bits per heavy atom. The maximum absolute atomic E-state index is 12.5. The normalized spacial score (nSPS) is 11.8. The third-order valence-electron chi connectivity index (χ3n) is 2.10. The Labute approximate surface area is 109 Å². The zero-order valence-electron chi connectivity index (χ0n) is 10.7. The Bertz CT molecular complexity index is 362. The van der Waals surface area contributed by atoms with E-state index in [1.54, 1.807) is 0 Å². The molecule has 17 heavy (non-hydrogen) atoms. The van der Waals surface area contributed by atoms with E-state index < -0.39 is 11.7 Å². The van der Waals surface area contributed by atoms with E-state index in [1.807, 2.05) is 34.6 Å². The highest BCUT2D eigenvalue weighted by atomic mass is 79.9. The van der Waals surface area contributed by atoms with Crippen molar-refractivity contribution in [1.29, 1.82) is 0 Å². The third kappa shape index (κ3) is 4.70. The van der Waals surface area contributed by atoms with E-state index in [4.69, 9.17) is 0 Å². The zero-order chi connectivity index (χ0) is 13.9. The third-order valence-corrected chi connectivity index (χ3v) is 2.79. The van der Waals surface area contributed by atoms with Crippen LogP contribution in [-0.2, 0) is 11.6 Å². The average Bonchev–Trinajstić information content (AvgIpc) is 2.17. The summed E-state index contributed by atoms with van der Waals surface area (Å²) in [6.07, 6.45) is -4.28. The van der Waals surface area contributed by atoms with Crippen molar-refractivity contribution in [3.05, 3.63) is 33.8 Å². The minimum absolute atomic E-state index is 0.305. The number of hydrogen-bond donors (Lipinski definition) is 0. The molecule has 1 aromatic carbocycles. The molecule has 98 valence electrons. The lowest BCUT2D eigenvalue weighted by molar-refractivity contribution is -0.137. The van der Waals surface area contributed by atoms with Crippen molar-refractivity contribution in [2.45, 2.75) is 46.2 Å². The van der Waals surface area contributed by atoms with Crippen molar-refractivity contribution in [3.8, 4) is 0 Å². The predicted octanol–water partition coefficient (Wildman–Crippen LogP) is 5.79. The first-order valence-corrected chi connectivity index (χ1v) is 6.29. The lowest BCUT2D eigenvalue weighted by Crippen LogP contribution is -2.14. The van der Waals surface area contributed by atoms with E-state index in [0.29, 0.717) is 10.0 Å². The Morgan fingerprint density at radius 2 is 1.47 bits per heavy atom. The van der Waals surface area contributed by atoms with Gasteiger partial charge >= 0.3 is 6.18 Å². The van der Waals surface area contributed by atoms with Gasteiger partial charge < -0.3 is 0 Å². The monoisotopic (exact) mass is 310 g/mol. The Balaban J connectivity index is 0.00000121. The molecule has 4 heteroatoms. The zero-order valence-corrected chi connectivity index (χ0v) is 12.3. The van der Waals surface area contributed by atoms with Gasteiger partial charge in [0.15, 0.2) is 0 Å². The summed E-state index contributed by atoms with van der Waals surface area (Å²) in [5.41, 5.74) is -0.243. The Hall–Kier alpha value is -0.510. The van der Waals surface area contributed by atoms with Crippen molar-refractivity contribution in [1.82, 2.24) is 0 Å². The van der Waals surface area contributed by atoms with Crippen LogP contribution in [0, 0.1) is 0 Å². The number of rotatable bonds is 0. The molecular weight excluding hydrogens is 293 g/mol. The van der Waals surface area contributed by atoms with Crippen molar-refractivity contribution in [3.63, 3.8) is 0 Å². The summed E-state index contributed by atoms with van der Waals surface area (Å²) in [6, 6.07) is 3.73. The first kappa shape index (κ1) is 16.5. The van der Waals surface area contributed by atoms with Crippen LogP contribution in [0.1, 0.15) is 45.7 Å². The second-order valence-corrected chi connectivity index (χ2v) is 5.30. The fourth-order valence-electron chi connectivity index (χ4n) is 1.28. The fraction of sp³-hybridized carbons (Fsp3) is 0.538. The molecule has 0 bridgehead atoms. The van der Waals surface area contributed by atoms with E-state index in [0.717, 1.165) is 6.07 Å². The summed E-state index contributed by atoms with van der Waals surface area (Å²) in [5, 5.41) is 0. The molecule has 0 radical (unpaired) electrons. The molecular formula is C13H18BrF3. The number of halogens is 4. The van der Waals surface area contributed by atoms with Gasteiger partial charge in [-0.05, 0) is 29.2 Å². The molecule has 0 spiro atoms. The predicted molar refractivity (Wildman–Crippen MR) is 69.2 cm³/mol. The minimum atomic E-state index is -4.28. The smallest absolute Gasteiger partial charge is 0.166 e. The second-order valence-electron chi connectivity index (χ2n) is 4.44. The van der Waals surface area contributed by atoms with Crippen molar-refractivity contribution in [2.75, 3.05) is 0 Å². The van der Waals surface area contributed by atoms with Gasteiger partial charge in [0.25, 0.3) is 0 Å². The van der Waals surface area contributed by atoms with Gasteiger partial charge in [0.1, 0.15) is 0 Å². The maximum atomic E-state index is 12.5. The van der Waals surface area contributed by atoms with Crippen LogP contribution in [0.25, 0.3) is 0 Å². The highest BCUT2D eigenvalue weighted by molar-refractivity contribution is 9.10. The SMILES string of the molecule is CC.CC(C)(C)c1cc(C(F)(F)F)ccc1Br. The highest BCUT2D eigenvalue weighted by Crippen LogP contribution is 2.36. The molecule has 0 saturated carbocycles. The van der Waals surface area contributed by atoms with Crippen LogP contribution in [-0.4, -0.2) is 0 Å². The summed E-state index contributed by atoms with van der Waals surface area (Å²) in [7, 11) is 0. The van der Waals surface area contributed by atoms with E-state index in [2.05, 4.69) is 15.9 Å². The second kappa shape index (κ2) is 5.89. The van der Waals surface area contributed by atoms with Crippen molar-refractivity contribution >= 4 is 15.9 Å². The highest BCUT2D eigenvalue weighted by Gasteiger charge is 2.32. The molecule has 0 saturated heterocycles. The van der Waals surface area contributed by atoms with Crippen LogP contribution < -0.4 is 0 Å². The molecule has 0 N–H and O–H groups in total. The number of hydrogen-bond acceptors (Lipinski definition) is 0. The molecule has 0 nitrogen and oxygen atoms in total. The molecule has 1 aromatic rings. The van der Waals surface area contributed by atoms with Gasteiger partial charge in [-0.2, -0.15) is 13.2 Å². The largest absolute Gasteiger partial charge is 0.416 e. The van der Waals surface area contributed by atoms with E-state index in [-0.39, 0.29) is 5.41 Å². The summed E-state index contributed by atoms with van der Waals surface area (Å²) in [4.78, 5) is 0. The van der Waals surface area contributed by atoms with Gasteiger partial charge in [-0.3, -0.25) is 0 Å². The molecule has 0 heterocycles. The summed E-state index contributed by atoms with van der Waals surface area (Å²) < 4.78 is 38.1. The molecule has 0 atom stereocenters. The van der Waals surface area contributed by atoms with E-state index in [9.17, 15) is 13.2 Å². The molecule has 0 fully saturated rings. The number of benzene rings is 1. The van der Waals surface area contributed by atoms with Crippen LogP contribution in [0.4, 0.5) is 13.2 Å². The van der Waals surface area contributed by atoms with Gasteiger partial charge in [-0.15, -0.1) is 0 Å². The van der Waals surface area contributed by atoms with Crippen LogP contribution in [0.2, 0.25) is 0 Å². The van der Waals surface area contributed by atoms with Gasteiger partial charge in [0, 0.05) is 4.47 Å². The molecule has 0 aliphatic rings. The standard InChI is InChI=1S/C11H12BrF3.C2H6/c1-10(2,3)8-6-7(11(13,14)15)4-5-9(8)12;1-2/h4-6H,1-3H3;1-2H3. The van der Waals surface area contributed by atoms with Gasteiger partial charge in [0.05, 0.1) is 5.56 Å². The lowest BCUT2D eigenvalue weighted by Gasteiger charge is -2.22. The fourth-order valence-corrected chi connectivity index (χ4v) is 2.12. The summed E-state index contributed by atoms with van der Waals surface area (Å²) >= 11 is 3.27. The average molecular weight is 311 g/mol. The quantitative estimate of drug-likeness (QED) is 0.569. The van der Waals surface area contributed by atoms with Gasteiger partial charge in [-0.25, -0.2) is 0 Å². The van der Waals surface area contributed by atoms with Gasteiger partial charge in [-0.1, -0.05) is 50.5 Å². The lowest BCUT2D eigenvalue weighted by atomic mass is 9.86. The first-order chi connectivity index (χ1) is 7.62. The van der Waals surface area contributed by atoms with Crippen LogP contribution in [0.3, 0.4) is 0 Å². The van der Waals surface area contributed by atoms with Crippen LogP contribution in [0.5, 0.6) is 0 Å². The molecule has 1 rings (SSSR count).